The molecule has 0 spiro atoms. The molecule has 0 bridgehead atoms. The van der Waals surface area contributed by atoms with Crippen LogP contribution in [0.2, 0.25) is 37.3 Å². The molecule has 0 fully saturated rings. The summed E-state index contributed by atoms with van der Waals surface area (Å²) in [6, 6.07) is 2.36. The van der Waals surface area contributed by atoms with E-state index in [0.717, 1.165) is 12.5 Å². The second kappa shape index (κ2) is 17.2. The van der Waals surface area contributed by atoms with Gasteiger partial charge in [0.2, 0.25) is 0 Å². The standard InChI is InChI=1S/C21H51FO10Si4/c1-23-34(24-2,25-3)18-12-15-21(22,16-13-19-35(26-4,27-5)28-6)32-33(10,11)17-14-20-36(29-7,30-8)31-9/h12-20H2,1-11H3. The zero-order chi connectivity index (χ0) is 27.9. The van der Waals surface area contributed by atoms with Crippen LogP contribution in [-0.4, -0.2) is 105 Å². The van der Waals surface area contributed by atoms with Gasteiger partial charge in [-0.05, 0) is 38.4 Å². The number of rotatable bonds is 23. The average Bonchev–Trinajstić information content (AvgIpc) is 2.87. The van der Waals surface area contributed by atoms with Crippen molar-refractivity contribution >= 4 is 34.7 Å². The topological polar surface area (TPSA) is 92.3 Å². The van der Waals surface area contributed by atoms with Crippen molar-refractivity contribution < 1.29 is 48.7 Å². The molecule has 0 saturated heterocycles. The van der Waals surface area contributed by atoms with Gasteiger partial charge in [-0.3, -0.25) is 0 Å². The minimum Gasteiger partial charge on any atom is -0.387 e. The van der Waals surface area contributed by atoms with E-state index in [4.69, 9.17) is 44.3 Å². The lowest BCUT2D eigenvalue weighted by Crippen LogP contribution is -2.46. The molecule has 0 aromatic rings. The summed E-state index contributed by atoms with van der Waals surface area (Å²) in [7, 11) is 3.42. The zero-order valence-electron chi connectivity index (χ0n) is 24.3. The van der Waals surface area contributed by atoms with Crippen molar-refractivity contribution in [1.29, 1.82) is 0 Å². The largest absolute Gasteiger partial charge is 0.500 e. The van der Waals surface area contributed by atoms with Gasteiger partial charge in [-0.15, -0.1) is 0 Å². The minimum atomic E-state index is -2.81. The van der Waals surface area contributed by atoms with Crippen LogP contribution in [0.3, 0.4) is 0 Å². The van der Waals surface area contributed by atoms with Gasteiger partial charge >= 0.3 is 26.4 Å². The number of halogens is 1. The summed E-state index contributed by atoms with van der Waals surface area (Å²) >= 11 is 0. The first kappa shape index (κ1) is 36.4. The molecule has 0 aromatic heterocycles. The molecular weight excluding hydrogens is 544 g/mol. The lowest BCUT2D eigenvalue weighted by Gasteiger charge is -2.36. The maximum Gasteiger partial charge on any atom is 0.500 e. The molecule has 0 heterocycles. The van der Waals surface area contributed by atoms with Crippen LogP contribution in [0.5, 0.6) is 0 Å². The summed E-state index contributed by atoms with van der Waals surface area (Å²) in [4.78, 5) is 0. The van der Waals surface area contributed by atoms with E-state index in [9.17, 15) is 0 Å². The predicted octanol–water partition coefficient (Wildman–Crippen LogP) is 4.46. The Hall–Kier alpha value is 0.398. The van der Waals surface area contributed by atoms with E-state index in [0.29, 0.717) is 31.0 Å². The number of hydrogen-bond acceptors (Lipinski definition) is 10. The van der Waals surface area contributed by atoms with Gasteiger partial charge in [0.05, 0.1) is 0 Å². The first-order valence-electron chi connectivity index (χ1n) is 12.2. The lowest BCUT2D eigenvalue weighted by molar-refractivity contribution is -0.0858. The van der Waals surface area contributed by atoms with Gasteiger partial charge in [0, 0.05) is 95.0 Å². The van der Waals surface area contributed by atoms with Gasteiger partial charge in [0.1, 0.15) is 0 Å². The third-order valence-electron chi connectivity index (χ3n) is 6.59. The summed E-state index contributed by atoms with van der Waals surface area (Å²) in [6.45, 7) is 4.07. The van der Waals surface area contributed by atoms with E-state index < -0.39 is 40.6 Å². The quantitative estimate of drug-likeness (QED) is 0.158. The molecule has 36 heavy (non-hydrogen) atoms. The number of hydrogen-bond donors (Lipinski definition) is 0. The van der Waals surface area contributed by atoms with Crippen molar-refractivity contribution in [3.05, 3.63) is 0 Å². The number of alkyl halides is 1. The normalized spacial score (nSPS) is 14.0. The molecule has 0 aliphatic rings. The Morgan fingerprint density at radius 2 is 0.750 bits per heavy atom. The first-order valence-corrected chi connectivity index (χ1v) is 21.1. The average molecular weight is 595 g/mol. The second-order valence-corrected chi connectivity index (χ2v) is 22.7. The van der Waals surface area contributed by atoms with E-state index >= 15 is 4.39 Å². The van der Waals surface area contributed by atoms with Crippen LogP contribution in [0.25, 0.3) is 0 Å². The molecule has 0 radical (unpaired) electrons. The SMILES string of the molecule is CO[Si](CCCC(F)(CCC[Si](OC)(OC)OC)O[Si](C)(C)CCC[Si](OC)(OC)OC)(OC)OC. The molecule has 15 heteroatoms. The Bertz CT molecular complexity index is 528. The van der Waals surface area contributed by atoms with Crippen LogP contribution in [0, 0.1) is 0 Å². The third kappa shape index (κ3) is 11.6. The van der Waals surface area contributed by atoms with Gasteiger partial charge in [0.15, 0.2) is 14.2 Å². The van der Waals surface area contributed by atoms with Crippen molar-refractivity contribution in [3.63, 3.8) is 0 Å². The molecule has 0 aliphatic heterocycles. The highest BCUT2D eigenvalue weighted by Gasteiger charge is 2.44. The minimum absolute atomic E-state index is 0.197. The molecular formula is C21H51FO10Si4. The van der Waals surface area contributed by atoms with Crippen LogP contribution in [0.4, 0.5) is 4.39 Å². The van der Waals surface area contributed by atoms with Gasteiger partial charge in [-0.25, -0.2) is 4.39 Å². The van der Waals surface area contributed by atoms with Gasteiger partial charge in [-0.2, -0.15) is 0 Å². The van der Waals surface area contributed by atoms with Crippen LogP contribution < -0.4 is 0 Å². The summed E-state index contributed by atoms with van der Waals surface area (Å²) in [6.07, 6.45) is 2.15. The third-order valence-corrected chi connectivity index (χ3v) is 17.6. The maximum atomic E-state index is 16.5. The Balaban J connectivity index is 5.42. The summed E-state index contributed by atoms with van der Waals surface area (Å²) in [5, 5.41) is 0. The van der Waals surface area contributed by atoms with Crippen molar-refractivity contribution in [2.75, 3.05) is 64.0 Å². The molecule has 0 saturated carbocycles. The van der Waals surface area contributed by atoms with Crippen LogP contribution in [0.15, 0.2) is 0 Å². The molecule has 0 rings (SSSR count). The highest BCUT2D eigenvalue weighted by Crippen LogP contribution is 2.35. The maximum absolute atomic E-state index is 16.5. The molecule has 0 aliphatic carbocycles. The van der Waals surface area contributed by atoms with Crippen molar-refractivity contribution in [2.45, 2.75) is 75.2 Å². The van der Waals surface area contributed by atoms with Gasteiger partial charge < -0.3 is 44.3 Å². The fraction of sp³-hybridized carbons (Fsp3) is 1.00. The Morgan fingerprint density at radius 3 is 1.03 bits per heavy atom. The van der Waals surface area contributed by atoms with Crippen molar-refractivity contribution in [1.82, 2.24) is 0 Å². The van der Waals surface area contributed by atoms with E-state index in [1.165, 1.54) is 0 Å². The molecule has 0 aromatic carbocycles. The summed E-state index contributed by atoms with van der Waals surface area (Å²) in [5.74, 6) is -1.82. The molecule has 10 nitrogen and oxygen atoms in total. The second-order valence-electron chi connectivity index (χ2n) is 9.19. The zero-order valence-corrected chi connectivity index (χ0v) is 28.3. The van der Waals surface area contributed by atoms with Gasteiger partial charge in [-0.1, -0.05) is 0 Å². The smallest absolute Gasteiger partial charge is 0.387 e. The molecule has 0 amide bonds. The monoisotopic (exact) mass is 594 g/mol. The van der Waals surface area contributed by atoms with Crippen molar-refractivity contribution in [2.24, 2.45) is 0 Å². The van der Waals surface area contributed by atoms with E-state index in [2.05, 4.69) is 0 Å². The highest BCUT2D eigenvalue weighted by atomic mass is 28.4. The lowest BCUT2D eigenvalue weighted by atomic mass is 10.1. The fourth-order valence-corrected chi connectivity index (χ4v) is 12.2. The van der Waals surface area contributed by atoms with Gasteiger partial charge in [0.25, 0.3) is 0 Å². The van der Waals surface area contributed by atoms with E-state index in [1.807, 2.05) is 13.1 Å². The van der Waals surface area contributed by atoms with E-state index in [-0.39, 0.29) is 12.8 Å². The molecule has 0 unspecified atom stereocenters. The first-order chi connectivity index (χ1) is 16.9. The summed E-state index contributed by atoms with van der Waals surface area (Å²) in [5.41, 5.74) is 0. The van der Waals surface area contributed by atoms with Crippen LogP contribution >= 0.6 is 0 Å². The van der Waals surface area contributed by atoms with Crippen LogP contribution in [-0.2, 0) is 44.3 Å². The van der Waals surface area contributed by atoms with E-state index in [1.54, 1.807) is 64.0 Å². The summed E-state index contributed by atoms with van der Waals surface area (Å²) < 4.78 is 72.3. The fourth-order valence-electron chi connectivity index (χ4n) is 4.31. The van der Waals surface area contributed by atoms with Crippen LogP contribution in [0.1, 0.15) is 32.1 Å². The Labute approximate surface area is 222 Å². The molecule has 218 valence electrons. The van der Waals surface area contributed by atoms with Crippen molar-refractivity contribution in [3.8, 4) is 0 Å². The Kier molecular flexibility index (Phi) is 17.4. The molecule has 0 atom stereocenters. The molecule has 0 N–H and O–H groups in total. The predicted molar refractivity (Wildman–Crippen MR) is 145 cm³/mol. The highest BCUT2D eigenvalue weighted by molar-refractivity contribution is 6.71. The Morgan fingerprint density at radius 1 is 0.472 bits per heavy atom.